The fourth-order valence-electron chi connectivity index (χ4n) is 2.99. The highest BCUT2D eigenvalue weighted by atomic mass is 32.1. The Bertz CT molecular complexity index is 1270. The summed E-state index contributed by atoms with van der Waals surface area (Å²) in [6, 6.07) is 13.5. The van der Waals surface area contributed by atoms with Gasteiger partial charge in [0.15, 0.2) is 0 Å². The van der Waals surface area contributed by atoms with Gasteiger partial charge in [-0.2, -0.15) is 0 Å². The summed E-state index contributed by atoms with van der Waals surface area (Å²) in [6.45, 7) is 1.86. The van der Waals surface area contributed by atoms with E-state index in [0.717, 1.165) is 32.5 Å². The van der Waals surface area contributed by atoms with Crippen molar-refractivity contribution >= 4 is 40.0 Å². The Morgan fingerprint density at radius 3 is 2.72 bits per heavy atom. The first-order valence-electron chi connectivity index (χ1n) is 8.90. The number of imidazole rings is 1. The number of nitrogens with zero attached hydrogens (tertiary/aromatic N) is 4. The number of thiophene rings is 1. The number of amides is 1. The van der Waals surface area contributed by atoms with Crippen molar-refractivity contribution in [3.05, 3.63) is 77.0 Å². The number of thiazole rings is 1. The number of carbonyl (C=O) groups is 1. The highest BCUT2D eigenvalue weighted by Gasteiger charge is 2.17. The quantitative estimate of drug-likeness (QED) is 0.439. The Balaban J connectivity index is 1.35. The summed E-state index contributed by atoms with van der Waals surface area (Å²) in [5, 5.41) is 5.84. The van der Waals surface area contributed by atoms with Crippen LogP contribution >= 0.6 is 22.7 Å². The van der Waals surface area contributed by atoms with Gasteiger partial charge in [0.1, 0.15) is 9.88 Å². The predicted octanol–water partition coefficient (Wildman–Crippen LogP) is 5.14. The third kappa shape index (κ3) is 3.43. The van der Waals surface area contributed by atoms with Crippen molar-refractivity contribution in [1.82, 2.24) is 19.4 Å². The molecule has 0 aliphatic heterocycles. The summed E-state index contributed by atoms with van der Waals surface area (Å²) in [5.74, 6) is 0.509. The number of carbonyl (C=O) groups excluding carboxylic acids is 1. The molecule has 6 nitrogen and oxygen atoms in total. The summed E-state index contributed by atoms with van der Waals surface area (Å²) in [7, 11) is 0. The Labute approximate surface area is 174 Å². The first kappa shape index (κ1) is 17.7. The van der Waals surface area contributed by atoms with Crippen molar-refractivity contribution in [2.24, 2.45) is 0 Å². The van der Waals surface area contributed by atoms with Gasteiger partial charge in [-0.3, -0.25) is 9.20 Å². The van der Waals surface area contributed by atoms with Crippen LogP contribution in [-0.2, 0) is 0 Å². The smallest absolute Gasteiger partial charge is 0.267 e. The molecular weight excluding hydrogens is 402 g/mol. The molecule has 0 unspecified atom stereocenters. The number of aromatic nitrogens is 4. The van der Waals surface area contributed by atoms with Gasteiger partial charge in [-0.25, -0.2) is 15.0 Å². The molecule has 0 saturated carbocycles. The largest absolute Gasteiger partial charge is 0.321 e. The molecule has 5 rings (SSSR count). The minimum atomic E-state index is -0.146. The van der Waals surface area contributed by atoms with Crippen molar-refractivity contribution in [2.75, 3.05) is 5.32 Å². The van der Waals surface area contributed by atoms with Crippen LogP contribution in [0.1, 0.15) is 15.4 Å². The molecule has 0 saturated heterocycles. The van der Waals surface area contributed by atoms with E-state index in [1.807, 2.05) is 71.6 Å². The molecule has 0 fully saturated rings. The molecule has 1 amide bonds. The van der Waals surface area contributed by atoms with Gasteiger partial charge < -0.3 is 5.32 Å². The number of hydrogen-bond acceptors (Lipinski definition) is 6. The number of aryl methyl sites for hydroxylation is 1. The summed E-state index contributed by atoms with van der Waals surface area (Å²) < 4.78 is 1.88. The normalized spacial score (nSPS) is 11.1. The monoisotopic (exact) mass is 417 g/mol. The second kappa shape index (κ2) is 7.23. The van der Waals surface area contributed by atoms with Crippen LogP contribution in [0.2, 0.25) is 0 Å². The van der Waals surface area contributed by atoms with E-state index in [0.29, 0.717) is 10.7 Å². The zero-order valence-corrected chi connectivity index (χ0v) is 17.0. The minimum absolute atomic E-state index is 0.146. The Kier molecular flexibility index (Phi) is 4.42. The van der Waals surface area contributed by atoms with E-state index in [-0.39, 0.29) is 5.91 Å². The minimum Gasteiger partial charge on any atom is -0.321 e. The van der Waals surface area contributed by atoms with Crippen molar-refractivity contribution in [2.45, 2.75) is 6.92 Å². The van der Waals surface area contributed by atoms with Crippen LogP contribution in [0.4, 0.5) is 5.69 Å². The summed E-state index contributed by atoms with van der Waals surface area (Å²) >= 11 is 3.03. The lowest BCUT2D eigenvalue weighted by Crippen LogP contribution is -2.11. The first-order valence-corrected chi connectivity index (χ1v) is 10.6. The molecule has 0 aliphatic carbocycles. The van der Waals surface area contributed by atoms with Crippen LogP contribution in [0.3, 0.4) is 0 Å². The summed E-state index contributed by atoms with van der Waals surface area (Å²) in [4.78, 5) is 27.7. The van der Waals surface area contributed by atoms with E-state index in [9.17, 15) is 4.79 Å². The van der Waals surface area contributed by atoms with E-state index >= 15 is 0 Å². The van der Waals surface area contributed by atoms with E-state index in [1.54, 1.807) is 17.5 Å². The summed E-state index contributed by atoms with van der Waals surface area (Å²) in [6.07, 6.45) is 5.56. The fourth-order valence-corrected chi connectivity index (χ4v) is 4.75. The van der Waals surface area contributed by atoms with E-state index in [1.165, 1.54) is 11.3 Å². The molecule has 0 aliphatic rings. The zero-order valence-electron chi connectivity index (χ0n) is 15.4. The number of nitrogens with one attached hydrogen (secondary N) is 1. The Morgan fingerprint density at radius 1 is 1.10 bits per heavy atom. The van der Waals surface area contributed by atoms with Crippen LogP contribution in [0.25, 0.3) is 26.9 Å². The van der Waals surface area contributed by atoms with E-state index in [4.69, 9.17) is 0 Å². The Hall–Kier alpha value is -3.36. The van der Waals surface area contributed by atoms with E-state index < -0.39 is 0 Å². The molecule has 4 aromatic heterocycles. The SMILES string of the molecule is Cc1nc(-c2cccs2)sc1C(=O)Nc1ccc(-c2cn3cccnc3n2)cc1. The standard InChI is InChI=1S/C21H15N5OS2/c1-13-18(29-20(23-13)17-4-2-11-28-17)19(27)24-15-7-5-14(6-8-15)16-12-26-10-3-9-22-21(26)25-16/h2-12H,1H3,(H,24,27). The Morgan fingerprint density at radius 2 is 1.97 bits per heavy atom. The van der Waals surface area contributed by atoms with Gasteiger partial charge in [-0.15, -0.1) is 22.7 Å². The molecule has 1 N–H and O–H groups in total. The number of benzene rings is 1. The van der Waals surface area contributed by atoms with Gasteiger partial charge in [-0.1, -0.05) is 18.2 Å². The maximum Gasteiger partial charge on any atom is 0.267 e. The molecule has 4 heterocycles. The molecule has 142 valence electrons. The topological polar surface area (TPSA) is 72.2 Å². The lowest BCUT2D eigenvalue weighted by atomic mass is 10.1. The van der Waals surface area contributed by atoms with Crippen molar-refractivity contribution in [1.29, 1.82) is 0 Å². The van der Waals surface area contributed by atoms with Crippen LogP contribution < -0.4 is 5.32 Å². The number of rotatable bonds is 4. The molecule has 0 bridgehead atoms. The molecule has 8 heteroatoms. The maximum absolute atomic E-state index is 12.7. The fraction of sp³-hybridized carbons (Fsp3) is 0.0476. The van der Waals surface area contributed by atoms with Gasteiger partial charge in [-0.05, 0) is 36.6 Å². The van der Waals surface area contributed by atoms with Crippen LogP contribution in [-0.4, -0.2) is 25.3 Å². The van der Waals surface area contributed by atoms with Gasteiger partial charge in [0.05, 0.1) is 16.3 Å². The average Bonchev–Trinajstić information content (AvgIpc) is 3.47. The molecule has 0 spiro atoms. The second-order valence-electron chi connectivity index (χ2n) is 6.40. The van der Waals surface area contributed by atoms with Gasteiger partial charge >= 0.3 is 0 Å². The molecule has 0 atom stereocenters. The maximum atomic E-state index is 12.7. The van der Waals surface area contributed by atoms with Gasteiger partial charge in [0.25, 0.3) is 5.91 Å². The predicted molar refractivity (Wildman–Crippen MR) is 117 cm³/mol. The van der Waals surface area contributed by atoms with Crippen molar-refractivity contribution in [3.8, 4) is 21.1 Å². The molecule has 29 heavy (non-hydrogen) atoms. The third-order valence-corrected chi connectivity index (χ3v) is 6.60. The molecule has 1 aromatic carbocycles. The van der Waals surface area contributed by atoms with Gasteiger partial charge in [0, 0.05) is 29.8 Å². The summed E-state index contributed by atoms with van der Waals surface area (Å²) in [5.41, 5.74) is 3.26. The van der Waals surface area contributed by atoms with Crippen LogP contribution in [0, 0.1) is 6.92 Å². The average molecular weight is 418 g/mol. The first-order chi connectivity index (χ1) is 14.2. The van der Waals surface area contributed by atoms with Crippen LogP contribution in [0.5, 0.6) is 0 Å². The van der Waals surface area contributed by atoms with Crippen molar-refractivity contribution in [3.63, 3.8) is 0 Å². The lowest BCUT2D eigenvalue weighted by Gasteiger charge is -2.05. The molecular formula is C21H15N5OS2. The molecule has 5 aromatic rings. The van der Waals surface area contributed by atoms with Gasteiger partial charge in [0.2, 0.25) is 5.78 Å². The zero-order chi connectivity index (χ0) is 19.8. The lowest BCUT2D eigenvalue weighted by molar-refractivity contribution is 0.103. The highest BCUT2D eigenvalue weighted by molar-refractivity contribution is 7.22. The second-order valence-corrected chi connectivity index (χ2v) is 8.34. The van der Waals surface area contributed by atoms with Crippen LogP contribution in [0.15, 0.2) is 66.4 Å². The number of anilines is 1. The third-order valence-electron chi connectivity index (χ3n) is 4.41. The number of hydrogen-bond donors (Lipinski definition) is 1. The van der Waals surface area contributed by atoms with E-state index in [2.05, 4.69) is 20.3 Å². The number of fused-ring (bicyclic) bond motifs is 1. The molecule has 0 radical (unpaired) electrons. The van der Waals surface area contributed by atoms with Crippen molar-refractivity contribution < 1.29 is 4.79 Å². The highest BCUT2D eigenvalue weighted by Crippen LogP contribution is 2.31.